The molecular weight excluding hydrogens is 224 g/mol. The molecule has 0 bridgehead atoms. The van der Waals surface area contributed by atoms with E-state index in [2.05, 4.69) is 14.5 Å². The molecule has 0 aliphatic heterocycles. The summed E-state index contributed by atoms with van der Waals surface area (Å²) in [4.78, 5) is 28.2. The van der Waals surface area contributed by atoms with E-state index in [4.69, 9.17) is 15.3 Å². The van der Waals surface area contributed by atoms with Crippen LogP contribution in [0, 0.1) is 0 Å². The summed E-state index contributed by atoms with van der Waals surface area (Å²) in [6.07, 6.45) is -2.67. The van der Waals surface area contributed by atoms with Crippen molar-refractivity contribution in [2.75, 3.05) is 6.61 Å². The molecule has 0 fully saturated rings. The molecule has 0 aromatic heterocycles. The first-order chi connectivity index (χ1) is 7.56. The molecule has 0 heterocycles. The highest BCUT2D eigenvalue weighted by atomic mass is 17.2. The van der Waals surface area contributed by atoms with Gasteiger partial charge in [0.05, 0.1) is 0 Å². The lowest BCUT2D eigenvalue weighted by Crippen LogP contribution is -2.22. The van der Waals surface area contributed by atoms with E-state index in [1.54, 1.807) is 0 Å². The molecule has 0 aliphatic carbocycles. The molecule has 0 radical (unpaired) electrons. The van der Waals surface area contributed by atoms with E-state index in [9.17, 15) is 9.59 Å². The standard InChI is InChI=1S/C8H14O8/c9-5-3-1-2-4-6(14-7(10)11)15-16-8(12)13/h6,9H,1-5H2,(H,10,11)(H,12,13). The highest BCUT2D eigenvalue weighted by Crippen LogP contribution is 2.09. The summed E-state index contributed by atoms with van der Waals surface area (Å²) in [6, 6.07) is 0. The maximum absolute atomic E-state index is 10.2. The van der Waals surface area contributed by atoms with Gasteiger partial charge in [0.15, 0.2) is 0 Å². The zero-order valence-corrected chi connectivity index (χ0v) is 8.50. The van der Waals surface area contributed by atoms with E-state index in [1.807, 2.05) is 0 Å². The normalized spacial score (nSPS) is 11.8. The zero-order valence-electron chi connectivity index (χ0n) is 8.50. The lowest BCUT2D eigenvalue weighted by Gasteiger charge is -2.13. The minimum atomic E-state index is -1.69. The van der Waals surface area contributed by atoms with E-state index in [0.717, 1.165) is 0 Å². The third-order valence-electron chi connectivity index (χ3n) is 1.56. The van der Waals surface area contributed by atoms with Gasteiger partial charge in [-0.1, -0.05) is 6.42 Å². The van der Waals surface area contributed by atoms with Crippen LogP contribution in [0.3, 0.4) is 0 Å². The van der Waals surface area contributed by atoms with Crippen LogP contribution in [0.15, 0.2) is 0 Å². The number of hydrogen-bond acceptors (Lipinski definition) is 6. The van der Waals surface area contributed by atoms with E-state index in [1.165, 1.54) is 0 Å². The molecule has 3 N–H and O–H groups in total. The van der Waals surface area contributed by atoms with Crippen LogP contribution in [0.4, 0.5) is 9.59 Å². The van der Waals surface area contributed by atoms with Gasteiger partial charge < -0.3 is 20.1 Å². The molecule has 8 nitrogen and oxygen atoms in total. The average Bonchev–Trinajstić information content (AvgIpc) is 2.19. The number of carbonyl (C=O) groups is 2. The van der Waals surface area contributed by atoms with Gasteiger partial charge in [0.1, 0.15) is 0 Å². The summed E-state index contributed by atoms with van der Waals surface area (Å²) in [5, 5.41) is 24.9. The second-order valence-corrected chi connectivity index (χ2v) is 2.83. The van der Waals surface area contributed by atoms with Gasteiger partial charge >= 0.3 is 12.3 Å². The first-order valence-electron chi connectivity index (χ1n) is 4.63. The van der Waals surface area contributed by atoms with Crippen LogP contribution in [-0.4, -0.2) is 40.5 Å². The van der Waals surface area contributed by atoms with Crippen molar-refractivity contribution in [2.45, 2.75) is 32.0 Å². The molecule has 0 aliphatic rings. The molecule has 1 unspecified atom stereocenters. The fraction of sp³-hybridized carbons (Fsp3) is 0.750. The number of hydrogen-bond donors (Lipinski definition) is 3. The summed E-state index contributed by atoms with van der Waals surface area (Å²) in [6.45, 7) is 0.0386. The Labute approximate surface area is 91.3 Å². The van der Waals surface area contributed by atoms with Gasteiger partial charge in [0.2, 0.25) is 6.29 Å². The van der Waals surface area contributed by atoms with Crippen molar-refractivity contribution in [1.82, 2.24) is 0 Å². The van der Waals surface area contributed by atoms with Crippen LogP contribution < -0.4 is 0 Å². The fourth-order valence-electron chi connectivity index (χ4n) is 0.934. The Balaban J connectivity index is 3.80. The third-order valence-corrected chi connectivity index (χ3v) is 1.56. The lowest BCUT2D eigenvalue weighted by molar-refractivity contribution is -0.336. The summed E-state index contributed by atoms with van der Waals surface area (Å²) in [5.74, 6) is 0. The molecule has 0 saturated heterocycles. The quantitative estimate of drug-likeness (QED) is 0.189. The summed E-state index contributed by atoms with van der Waals surface area (Å²) < 4.78 is 4.22. The van der Waals surface area contributed by atoms with E-state index in [0.29, 0.717) is 19.3 Å². The first kappa shape index (κ1) is 14.5. The Morgan fingerprint density at radius 3 is 2.25 bits per heavy atom. The summed E-state index contributed by atoms with van der Waals surface area (Å²) in [7, 11) is 0. The third kappa shape index (κ3) is 9.03. The number of rotatable bonds is 8. The van der Waals surface area contributed by atoms with E-state index >= 15 is 0 Å². The Kier molecular flexibility index (Phi) is 7.90. The molecule has 0 spiro atoms. The van der Waals surface area contributed by atoms with Crippen LogP contribution in [0.5, 0.6) is 0 Å². The van der Waals surface area contributed by atoms with Crippen LogP contribution in [0.2, 0.25) is 0 Å². The molecule has 0 aromatic rings. The number of ether oxygens (including phenoxy) is 1. The smallest absolute Gasteiger partial charge is 0.450 e. The maximum Gasteiger partial charge on any atom is 0.538 e. The second-order valence-electron chi connectivity index (χ2n) is 2.83. The van der Waals surface area contributed by atoms with Crippen LogP contribution in [-0.2, 0) is 14.5 Å². The Bertz CT molecular complexity index is 216. The molecule has 0 saturated carbocycles. The van der Waals surface area contributed by atoms with Crippen LogP contribution in [0.1, 0.15) is 25.7 Å². The predicted octanol–water partition coefficient (Wildman–Crippen LogP) is 1.19. The largest absolute Gasteiger partial charge is 0.538 e. The minimum Gasteiger partial charge on any atom is -0.450 e. The second kappa shape index (κ2) is 8.74. The molecule has 8 heteroatoms. The zero-order chi connectivity index (χ0) is 12.4. The topological polar surface area (TPSA) is 123 Å². The van der Waals surface area contributed by atoms with E-state index < -0.39 is 18.6 Å². The van der Waals surface area contributed by atoms with Gasteiger partial charge in [-0.05, 0) is 12.8 Å². The molecule has 0 aromatic carbocycles. The van der Waals surface area contributed by atoms with Gasteiger partial charge in [-0.2, -0.15) is 0 Å². The number of aliphatic hydroxyl groups excluding tert-OH is 1. The van der Waals surface area contributed by atoms with Crippen LogP contribution in [0.25, 0.3) is 0 Å². The van der Waals surface area contributed by atoms with E-state index in [-0.39, 0.29) is 13.0 Å². The van der Waals surface area contributed by atoms with Gasteiger partial charge in [-0.25, -0.2) is 9.59 Å². The van der Waals surface area contributed by atoms with Crippen molar-refractivity contribution >= 4 is 12.3 Å². The molecule has 94 valence electrons. The van der Waals surface area contributed by atoms with Crippen molar-refractivity contribution in [1.29, 1.82) is 0 Å². The highest BCUT2D eigenvalue weighted by molar-refractivity contribution is 5.57. The lowest BCUT2D eigenvalue weighted by atomic mass is 10.2. The highest BCUT2D eigenvalue weighted by Gasteiger charge is 2.17. The molecule has 0 rings (SSSR count). The number of aliphatic hydroxyl groups is 1. The first-order valence-corrected chi connectivity index (χ1v) is 4.63. The maximum atomic E-state index is 10.2. The monoisotopic (exact) mass is 238 g/mol. The van der Waals surface area contributed by atoms with Gasteiger partial charge in [-0.3, -0.25) is 4.89 Å². The van der Waals surface area contributed by atoms with Gasteiger partial charge in [-0.15, -0.1) is 4.89 Å². The van der Waals surface area contributed by atoms with Crippen molar-refractivity contribution in [3.8, 4) is 0 Å². The Morgan fingerprint density at radius 1 is 1.06 bits per heavy atom. The van der Waals surface area contributed by atoms with Crippen LogP contribution >= 0.6 is 0 Å². The Morgan fingerprint density at radius 2 is 1.75 bits per heavy atom. The van der Waals surface area contributed by atoms with Gasteiger partial charge in [0.25, 0.3) is 0 Å². The minimum absolute atomic E-state index is 0.0386. The fourth-order valence-corrected chi connectivity index (χ4v) is 0.934. The molecule has 0 amide bonds. The van der Waals surface area contributed by atoms with Gasteiger partial charge in [0, 0.05) is 13.0 Å². The predicted molar refractivity (Wildman–Crippen MR) is 48.6 cm³/mol. The molecular formula is C8H14O8. The summed E-state index contributed by atoms with van der Waals surface area (Å²) >= 11 is 0. The number of carboxylic acid groups (broad SMARTS) is 2. The Hall–Kier alpha value is -1.54. The average molecular weight is 238 g/mol. The molecule has 1 atom stereocenters. The van der Waals surface area contributed by atoms with Crippen molar-refractivity contribution in [2.24, 2.45) is 0 Å². The summed E-state index contributed by atoms with van der Waals surface area (Å²) in [5.41, 5.74) is 0. The SMILES string of the molecule is O=C(O)OOC(CCCCCO)OC(=O)O. The van der Waals surface area contributed by atoms with Crippen molar-refractivity contribution in [3.05, 3.63) is 0 Å². The number of unbranched alkanes of at least 4 members (excludes halogenated alkanes) is 2. The van der Waals surface area contributed by atoms with Crippen molar-refractivity contribution in [3.63, 3.8) is 0 Å². The van der Waals surface area contributed by atoms with Crippen molar-refractivity contribution < 1.29 is 39.4 Å². The molecule has 16 heavy (non-hydrogen) atoms.